The van der Waals surface area contributed by atoms with Gasteiger partial charge in [0, 0.05) is 25.7 Å². The Morgan fingerprint density at radius 3 is 2.73 bits per heavy atom. The zero-order valence-electron chi connectivity index (χ0n) is 15.9. The lowest BCUT2D eigenvalue weighted by Gasteiger charge is -2.36. The highest BCUT2D eigenvalue weighted by atomic mass is 16.2. The molecule has 5 heteroatoms. The van der Waals surface area contributed by atoms with Crippen LogP contribution < -0.4 is 0 Å². The Morgan fingerprint density at radius 2 is 2.04 bits per heavy atom. The number of nitrogens with one attached hydrogen (secondary N) is 1. The minimum Gasteiger partial charge on any atom is -0.336 e. The molecular formula is C21H30N4O. The van der Waals surface area contributed by atoms with Crippen molar-refractivity contribution in [3.8, 4) is 0 Å². The van der Waals surface area contributed by atoms with Crippen molar-refractivity contribution in [2.45, 2.75) is 51.1 Å². The summed E-state index contributed by atoms with van der Waals surface area (Å²) in [4.78, 5) is 17.1. The summed E-state index contributed by atoms with van der Waals surface area (Å²) in [5.41, 5.74) is 3.76. The number of aromatic nitrogens is 2. The fourth-order valence-electron chi connectivity index (χ4n) is 3.79. The van der Waals surface area contributed by atoms with Gasteiger partial charge in [0.2, 0.25) is 5.91 Å². The van der Waals surface area contributed by atoms with E-state index < -0.39 is 0 Å². The predicted molar refractivity (Wildman–Crippen MR) is 104 cm³/mol. The number of likely N-dealkylation sites (tertiary alicyclic amines) is 1. The molecular weight excluding hydrogens is 324 g/mol. The number of carbonyl (C=O) groups excluding carboxylic acids is 1. The second-order valence-electron chi connectivity index (χ2n) is 7.54. The van der Waals surface area contributed by atoms with Crippen LogP contribution in [0.5, 0.6) is 0 Å². The number of amides is 1. The molecule has 1 aromatic carbocycles. The fraction of sp³-hybridized carbons (Fsp3) is 0.524. The van der Waals surface area contributed by atoms with E-state index in [0.717, 1.165) is 38.8 Å². The number of hydrogen-bond acceptors (Lipinski definition) is 3. The summed E-state index contributed by atoms with van der Waals surface area (Å²) < 4.78 is 0. The first-order valence-electron chi connectivity index (χ1n) is 9.64. The van der Waals surface area contributed by atoms with Crippen molar-refractivity contribution in [3.63, 3.8) is 0 Å². The third-order valence-electron chi connectivity index (χ3n) is 5.10. The Labute approximate surface area is 156 Å². The second-order valence-corrected chi connectivity index (χ2v) is 7.54. The molecule has 2 aromatic rings. The van der Waals surface area contributed by atoms with Gasteiger partial charge in [0.25, 0.3) is 0 Å². The summed E-state index contributed by atoms with van der Waals surface area (Å²) in [5.74, 6) is 0.288. The lowest BCUT2D eigenvalue weighted by Crippen LogP contribution is -2.38. The largest absolute Gasteiger partial charge is 0.336 e. The Kier molecular flexibility index (Phi) is 6.45. The van der Waals surface area contributed by atoms with Gasteiger partial charge in [0.15, 0.2) is 0 Å². The van der Waals surface area contributed by atoms with Crippen LogP contribution in [0.25, 0.3) is 0 Å². The molecule has 1 aliphatic heterocycles. The summed E-state index contributed by atoms with van der Waals surface area (Å²) in [7, 11) is 4.16. The molecule has 1 aliphatic rings. The SMILES string of the molecule is CN(C)Cc1ccc([C@@H]2CCCCN2C(=O)CCCc2cn[nH]c2)cc1. The van der Waals surface area contributed by atoms with E-state index in [1.165, 1.54) is 23.1 Å². The molecule has 0 bridgehead atoms. The second kappa shape index (κ2) is 8.99. The molecule has 0 unspecified atom stereocenters. The zero-order valence-corrected chi connectivity index (χ0v) is 15.9. The van der Waals surface area contributed by atoms with Crippen LogP contribution in [0, 0.1) is 0 Å². The van der Waals surface area contributed by atoms with E-state index in [1.54, 1.807) is 0 Å². The van der Waals surface area contributed by atoms with Gasteiger partial charge in [0.1, 0.15) is 0 Å². The Balaban J connectivity index is 1.60. The molecule has 2 heterocycles. The van der Waals surface area contributed by atoms with Gasteiger partial charge in [-0.25, -0.2) is 0 Å². The van der Waals surface area contributed by atoms with Crippen LogP contribution in [0.1, 0.15) is 54.8 Å². The van der Waals surface area contributed by atoms with Gasteiger partial charge in [0.05, 0.1) is 12.2 Å². The molecule has 140 valence electrons. The predicted octanol–water partition coefficient (Wildman–Crippen LogP) is 3.55. The molecule has 1 atom stereocenters. The first-order valence-corrected chi connectivity index (χ1v) is 9.64. The molecule has 26 heavy (non-hydrogen) atoms. The number of carbonyl (C=O) groups is 1. The zero-order chi connectivity index (χ0) is 18.4. The van der Waals surface area contributed by atoms with E-state index in [0.29, 0.717) is 6.42 Å². The maximum atomic E-state index is 12.8. The van der Waals surface area contributed by atoms with Gasteiger partial charge in [-0.3, -0.25) is 9.89 Å². The molecule has 1 N–H and O–H groups in total. The van der Waals surface area contributed by atoms with Crippen LogP contribution in [0.15, 0.2) is 36.7 Å². The van der Waals surface area contributed by atoms with Crippen LogP contribution in [0.2, 0.25) is 0 Å². The van der Waals surface area contributed by atoms with Crippen LogP contribution in [-0.2, 0) is 17.8 Å². The molecule has 0 aliphatic carbocycles. The highest BCUT2D eigenvalue weighted by molar-refractivity contribution is 5.76. The molecule has 5 nitrogen and oxygen atoms in total. The lowest BCUT2D eigenvalue weighted by molar-refractivity contribution is -0.135. The molecule has 1 saturated heterocycles. The van der Waals surface area contributed by atoms with Gasteiger partial charge >= 0.3 is 0 Å². The Hall–Kier alpha value is -2.14. The topological polar surface area (TPSA) is 52.2 Å². The van der Waals surface area contributed by atoms with Crippen molar-refractivity contribution in [1.82, 2.24) is 20.0 Å². The smallest absolute Gasteiger partial charge is 0.223 e. The lowest BCUT2D eigenvalue weighted by atomic mass is 9.94. The molecule has 1 fully saturated rings. The molecule has 3 rings (SSSR count). The average Bonchev–Trinajstić information content (AvgIpc) is 3.15. The number of aryl methyl sites for hydroxylation is 1. The van der Waals surface area contributed by atoms with Crippen molar-refractivity contribution in [3.05, 3.63) is 53.3 Å². The van der Waals surface area contributed by atoms with Crippen LogP contribution >= 0.6 is 0 Å². The van der Waals surface area contributed by atoms with Crippen LogP contribution in [0.4, 0.5) is 0 Å². The molecule has 0 saturated carbocycles. The van der Waals surface area contributed by atoms with Gasteiger partial charge in [-0.15, -0.1) is 0 Å². The minimum absolute atomic E-state index is 0.235. The summed E-state index contributed by atoms with van der Waals surface area (Å²) in [6.45, 7) is 1.83. The highest BCUT2D eigenvalue weighted by Gasteiger charge is 2.27. The van der Waals surface area contributed by atoms with Crippen molar-refractivity contribution < 1.29 is 4.79 Å². The number of aromatic amines is 1. The average molecular weight is 354 g/mol. The van der Waals surface area contributed by atoms with E-state index in [9.17, 15) is 4.79 Å². The maximum absolute atomic E-state index is 12.8. The molecule has 0 spiro atoms. The molecule has 1 aromatic heterocycles. The van der Waals surface area contributed by atoms with Gasteiger partial charge in [-0.1, -0.05) is 24.3 Å². The van der Waals surface area contributed by atoms with E-state index in [2.05, 4.69) is 58.4 Å². The van der Waals surface area contributed by atoms with Crippen LogP contribution in [-0.4, -0.2) is 46.5 Å². The quantitative estimate of drug-likeness (QED) is 0.827. The normalized spacial score (nSPS) is 17.7. The summed E-state index contributed by atoms with van der Waals surface area (Å²) >= 11 is 0. The molecule has 1 amide bonds. The van der Waals surface area contributed by atoms with Crippen molar-refractivity contribution in [2.75, 3.05) is 20.6 Å². The number of hydrogen-bond donors (Lipinski definition) is 1. The molecule has 0 radical (unpaired) electrons. The van der Waals surface area contributed by atoms with Gasteiger partial charge in [-0.05, 0) is 62.9 Å². The fourth-order valence-corrected chi connectivity index (χ4v) is 3.79. The van der Waals surface area contributed by atoms with Crippen LogP contribution in [0.3, 0.4) is 0 Å². The minimum atomic E-state index is 0.235. The van der Waals surface area contributed by atoms with Crippen molar-refractivity contribution in [2.24, 2.45) is 0 Å². The first-order chi connectivity index (χ1) is 12.6. The number of H-pyrrole nitrogens is 1. The summed E-state index contributed by atoms with van der Waals surface area (Å²) in [6.07, 6.45) is 9.52. The number of nitrogens with zero attached hydrogens (tertiary/aromatic N) is 3. The third-order valence-corrected chi connectivity index (χ3v) is 5.10. The Morgan fingerprint density at radius 1 is 1.23 bits per heavy atom. The van der Waals surface area contributed by atoms with E-state index in [4.69, 9.17) is 0 Å². The maximum Gasteiger partial charge on any atom is 0.223 e. The summed E-state index contributed by atoms with van der Waals surface area (Å²) in [6, 6.07) is 9.05. The van der Waals surface area contributed by atoms with E-state index >= 15 is 0 Å². The Bertz CT molecular complexity index is 679. The standard InChI is InChI=1S/C21H30N4O/c1-24(2)16-17-9-11-19(12-10-17)20-7-3-4-13-25(20)21(26)8-5-6-18-14-22-23-15-18/h9-12,14-15,20H,3-8,13,16H2,1-2H3,(H,22,23)/t20-/m0/s1. The van der Waals surface area contributed by atoms with Gasteiger partial charge in [-0.2, -0.15) is 5.10 Å². The highest BCUT2D eigenvalue weighted by Crippen LogP contribution is 2.31. The number of benzene rings is 1. The third kappa shape index (κ3) is 4.94. The van der Waals surface area contributed by atoms with Crippen molar-refractivity contribution in [1.29, 1.82) is 0 Å². The first kappa shape index (κ1) is 18.6. The van der Waals surface area contributed by atoms with Crippen molar-refractivity contribution >= 4 is 5.91 Å². The van der Waals surface area contributed by atoms with Gasteiger partial charge < -0.3 is 9.80 Å². The number of piperidine rings is 1. The number of rotatable bonds is 7. The summed E-state index contributed by atoms with van der Waals surface area (Å²) in [5, 5.41) is 6.79. The van der Waals surface area contributed by atoms with E-state index in [-0.39, 0.29) is 11.9 Å². The van der Waals surface area contributed by atoms with E-state index in [1.807, 2.05) is 12.4 Å². The monoisotopic (exact) mass is 354 g/mol.